The smallest absolute Gasteiger partial charge is 0.242 e. The standard InChI is InChI=1S/C11H16BrN3O/c1-7(2)5-9(13)11(16)15-10-4-3-8(12)6-14-10/h3-4,6-7,9H,5,13H2,1-2H3,(H,14,15,16)/t9-/m1/s1. The van der Waals surface area contributed by atoms with Crippen LogP contribution in [-0.4, -0.2) is 16.9 Å². The minimum atomic E-state index is -0.481. The van der Waals surface area contributed by atoms with Crippen LogP contribution in [0.3, 0.4) is 0 Å². The van der Waals surface area contributed by atoms with Gasteiger partial charge in [-0.25, -0.2) is 4.98 Å². The third-order valence-corrected chi connectivity index (χ3v) is 2.51. The highest BCUT2D eigenvalue weighted by atomic mass is 79.9. The minimum Gasteiger partial charge on any atom is -0.320 e. The number of hydrogen-bond acceptors (Lipinski definition) is 3. The SMILES string of the molecule is CC(C)C[C@@H](N)C(=O)Nc1ccc(Br)cn1. The number of nitrogens with two attached hydrogens (primary N) is 1. The van der Waals surface area contributed by atoms with Crippen molar-refractivity contribution in [3.8, 4) is 0 Å². The Labute approximate surface area is 104 Å². The van der Waals surface area contributed by atoms with E-state index in [1.54, 1.807) is 12.3 Å². The molecule has 1 atom stereocenters. The van der Waals surface area contributed by atoms with E-state index in [1.807, 2.05) is 19.9 Å². The first kappa shape index (κ1) is 13.1. The van der Waals surface area contributed by atoms with Gasteiger partial charge in [0.2, 0.25) is 5.91 Å². The molecule has 0 aliphatic carbocycles. The maximum Gasteiger partial charge on any atom is 0.242 e. The molecule has 0 radical (unpaired) electrons. The normalized spacial score (nSPS) is 12.6. The molecule has 1 heterocycles. The van der Waals surface area contributed by atoms with E-state index in [0.29, 0.717) is 18.2 Å². The van der Waals surface area contributed by atoms with Gasteiger partial charge in [0.15, 0.2) is 0 Å². The molecule has 0 bridgehead atoms. The van der Waals surface area contributed by atoms with Crippen molar-refractivity contribution in [2.45, 2.75) is 26.3 Å². The lowest BCUT2D eigenvalue weighted by molar-refractivity contribution is -0.117. The van der Waals surface area contributed by atoms with Crippen molar-refractivity contribution in [3.05, 3.63) is 22.8 Å². The molecule has 0 aromatic carbocycles. The molecule has 0 aliphatic heterocycles. The molecule has 3 N–H and O–H groups in total. The number of amides is 1. The number of rotatable bonds is 4. The molecule has 1 amide bonds. The zero-order valence-electron chi connectivity index (χ0n) is 9.40. The molecule has 5 heteroatoms. The lowest BCUT2D eigenvalue weighted by Crippen LogP contribution is -2.36. The van der Waals surface area contributed by atoms with Gasteiger partial charge in [-0.3, -0.25) is 4.79 Å². The van der Waals surface area contributed by atoms with Gasteiger partial charge in [0, 0.05) is 10.7 Å². The lowest BCUT2D eigenvalue weighted by atomic mass is 10.0. The maximum atomic E-state index is 11.6. The summed E-state index contributed by atoms with van der Waals surface area (Å²) < 4.78 is 0.872. The zero-order valence-corrected chi connectivity index (χ0v) is 11.0. The van der Waals surface area contributed by atoms with Crippen LogP contribution < -0.4 is 11.1 Å². The third-order valence-electron chi connectivity index (χ3n) is 2.04. The number of halogens is 1. The van der Waals surface area contributed by atoms with E-state index in [-0.39, 0.29) is 5.91 Å². The van der Waals surface area contributed by atoms with Crippen LogP contribution in [0.5, 0.6) is 0 Å². The lowest BCUT2D eigenvalue weighted by Gasteiger charge is -2.13. The number of anilines is 1. The molecule has 1 aromatic heterocycles. The van der Waals surface area contributed by atoms with E-state index in [1.165, 1.54) is 0 Å². The van der Waals surface area contributed by atoms with Crippen LogP contribution >= 0.6 is 15.9 Å². The number of nitrogens with one attached hydrogen (secondary N) is 1. The van der Waals surface area contributed by atoms with E-state index >= 15 is 0 Å². The van der Waals surface area contributed by atoms with Crippen molar-refractivity contribution in [1.82, 2.24) is 4.98 Å². The molecule has 1 rings (SSSR count). The second-order valence-electron chi connectivity index (χ2n) is 4.09. The van der Waals surface area contributed by atoms with Gasteiger partial charge in [-0.2, -0.15) is 0 Å². The van der Waals surface area contributed by atoms with Crippen molar-refractivity contribution in [2.24, 2.45) is 11.7 Å². The Morgan fingerprint density at radius 2 is 2.25 bits per heavy atom. The van der Waals surface area contributed by atoms with Crippen LogP contribution in [0.15, 0.2) is 22.8 Å². The van der Waals surface area contributed by atoms with Crippen molar-refractivity contribution in [2.75, 3.05) is 5.32 Å². The molecular weight excluding hydrogens is 270 g/mol. The van der Waals surface area contributed by atoms with Crippen molar-refractivity contribution < 1.29 is 4.79 Å². The van der Waals surface area contributed by atoms with Gasteiger partial charge in [0.25, 0.3) is 0 Å². The van der Waals surface area contributed by atoms with Gasteiger partial charge < -0.3 is 11.1 Å². The van der Waals surface area contributed by atoms with Crippen LogP contribution in [0.2, 0.25) is 0 Å². The van der Waals surface area contributed by atoms with Crippen LogP contribution in [0.1, 0.15) is 20.3 Å². The molecular formula is C11H16BrN3O. The van der Waals surface area contributed by atoms with E-state index in [0.717, 1.165) is 4.47 Å². The highest BCUT2D eigenvalue weighted by Gasteiger charge is 2.15. The van der Waals surface area contributed by atoms with Crippen molar-refractivity contribution in [3.63, 3.8) is 0 Å². The summed E-state index contributed by atoms with van der Waals surface area (Å²) in [5.74, 6) is 0.731. The zero-order chi connectivity index (χ0) is 12.1. The molecule has 0 aliphatic rings. The van der Waals surface area contributed by atoms with Crippen LogP contribution in [0, 0.1) is 5.92 Å². The van der Waals surface area contributed by atoms with Gasteiger partial charge in [-0.05, 0) is 40.4 Å². The number of carbonyl (C=O) groups excluding carboxylic acids is 1. The van der Waals surface area contributed by atoms with E-state index in [4.69, 9.17) is 5.73 Å². The molecule has 0 unspecified atom stereocenters. The monoisotopic (exact) mass is 285 g/mol. The van der Waals surface area contributed by atoms with Gasteiger partial charge in [0.05, 0.1) is 6.04 Å². The molecule has 16 heavy (non-hydrogen) atoms. The van der Waals surface area contributed by atoms with Gasteiger partial charge >= 0.3 is 0 Å². The number of carbonyl (C=O) groups is 1. The van der Waals surface area contributed by atoms with E-state index in [9.17, 15) is 4.79 Å². The third kappa shape index (κ3) is 4.28. The summed E-state index contributed by atoms with van der Waals surface area (Å²) in [7, 11) is 0. The summed E-state index contributed by atoms with van der Waals surface area (Å²) >= 11 is 3.27. The van der Waals surface area contributed by atoms with Gasteiger partial charge in [-0.1, -0.05) is 13.8 Å². The van der Waals surface area contributed by atoms with Gasteiger partial charge in [0.1, 0.15) is 5.82 Å². The summed E-state index contributed by atoms with van der Waals surface area (Å²) in [5, 5.41) is 2.68. The predicted molar refractivity (Wildman–Crippen MR) is 68.0 cm³/mol. The summed E-state index contributed by atoms with van der Waals surface area (Å²) in [4.78, 5) is 15.7. The summed E-state index contributed by atoms with van der Waals surface area (Å²) in [6.45, 7) is 4.07. The Morgan fingerprint density at radius 3 is 2.75 bits per heavy atom. The number of aromatic nitrogens is 1. The average molecular weight is 286 g/mol. The second-order valence-corrected chi connectivity index (χ2v) is 5.00. The van der Waals surface area contributed by atoms with Crippen molar-refractivity contribution >= 4 is 27.7 Å². The number of pyridine rings is 1. The molecule has 1 aromatic rings. The van der Waals surface area contributed by atoms with Crippen molar-refractivity contribution in [1.29, 1.82) is 0 Å². The Kier molecular flexibility index (Phi) is 4.89. The minimum absolute atomic E-state index is 0.191. The first-order valence-corrected chi connectivity index (χ1v) is 5.96. The first-order chi connectivity index (χ1) is 7.49. The predicted octanol–water partition coefficient (Wildman–Crippen LogP) is 2.16. The maximum absolute atomic E-state index is 11.6. The molecule has 0 saturated carbocycles. The van der Waals surface area contributed by atoms with E-state index in [2.05, 4.69) is 26.2 Å². The Morgan fingerprint density at radius 1 is 1.56 bits per heavy atom. The fraction of sp³-hybridized carbons (Fsp3) is 0.455. The first-order valence-electron chi connectivity index (χ1n) is 5.17. The molecule has 0 spiro atoms. The summed E-state index contributed by atoms with van der Waals surface area (Å²) in [6, 6.07) is 3.06. The largest absolute Gasteiger partial charge is 0.320 e. The van der Waals surface area contributed by atoms with E-state index < -0.39 is 6.04 Å². The Bertz CT molecular complexity index is 351. The average Bonchev–Trinajstić information content (AvgIpc) is 2.20. The molecule has 0 saturated heterocycles. The van der Waals surface area contributed by atoms with Crippen LogP contribution in [0.4, 0.5) is 5.82 Å². The fourth-order valence-electron chi connectivity index (χ4n) is 1.28. The highest BCUT2D eigenvalue weighted by molar-refractivity contribution is 9.10. The van der Waals surface area contributed by atoms with Crippen LogP contribution in [0.25, 0.3) is 0 Å². The molecule has 4 nitrogen and oxygen atoms in total. The second kappa shape index (κ2) is 5.96. The Hall–Kier alpha value is -0.940. The Balaban J connectivity index is 2.54. The fourth-order valence-corrected chi connectivity index (χ4v) is 1.52. The number of nitrogens with zero attached hydrogens (tertiary/aromatic N) is 1. The molecule has 0 fully saturated rings. The summed E-state index contributed by atoms with van der Waals surface area (Å²) in [6.07, 6.45) is 2.30. The highest BCUT2D eigenvalue weighted by Crippen LogP contribution is 2.11. The molecule has 88 valence electrons. The van der Waals surface area contributed by atoms with Gasteiger partial charge in [-0.15, -0.1) is 0 Å². The topological polar surface area (TPSA) is 68.0 Å². The summed E-state index contributed by atoms with van der Waals surface area (Å²) in [5.41, 5.74) is 5.75. The van der Waals surface area contributed by atoms with Crippen LogP contribution in [-0.2, 0) is 4.79 Å². The quantitative estimate of drug-likeness (QED) is 0.891. The number of hydrogen-bond donors (Lipinski definition) is 2.